The molecule has 1 aliphatic carbocycles. The molecule has 2 aromatic heterocycles. The van der Waals surface area contributed by atoms with Gasteiger partial charge in [0.2, 0.25) is 5.95 Å². The molecule has 0 bridgehead atoms. The van der Waals surface area contributed by atoms with Crippen molar-refractivity contribution in [2.75, 3.05) is 23.3 Å². The maximum absolute atomic E-state index is 13.7. The normalized spacial score (nSPS) is 18.3. The van der Waals surface area contributed by atoms with Crippen LogP contribution in [0.1, 0.15) is 44.1 Å². The number of carbonyl (C=O) groups excluding carboxylic acids is 1. The number of carbonyl (C=O) groups is 1. The molecule has 0 spiro atoms. The lowest BCUT2D eigenvalue weighted by molar-refractivity contribution is -0.0102. The number of amides is 2. The summed E-state index contributed by atoms with van der Waals surface area (Å²) < 4.78 is 19.6. The molecule has 1 aromatic carbocycles. The van der Waals surface area contributed by atoms with Crippen LogP contribution in [0.2, 0.25) is 0 Å². The van der Waals surface area contributed by atoms with Gasteiger partial charge in [0.15, 0.2) is 0 Å². The summed E-state index contributed by atoms with van der Waals surface area (Å²) in [5.41, 5.74) is 1.24. The number of anilines is 2. The predicted molar refractivity (Wildman–Crippen MR) is 123 cm³/mol. The van der Waals surface area contributed by atoms with Gasteiger partial charge in [0.25, 0.3) is 0 Å². The maximum Gasteiger partial charge on any atom is 0.319 e. The molecule has 1 aliphatic heterocycles. The standard InChI is InChI=1S/C24H28FN5O3/c1-13(2)20(21-14(3)18-8-16(25)6-7-19(18)33-21)29-23(31)28-17-9-26-22(27-10-17)30-11-24(32,12-30)15-4-5-15/h6-10,13,15,20,32H,4-5,11-12H2,1-3H3,(H2,28,29,31)/t20-/m1/s1. The van der Waals surface area contributed by atoms with Gasteiger partial charge in [-0.1, -0.05) is 13.8 Å². The fourth-order valence-electron chi connectivity index (χ4n) is 4.54. The summed E-state index contributed by atoms with van der Waals surface area (Å²) in [5.74, 6) is 1.25. The molecule has 3 N–H and O–H groups in total. The van der Waals surface area contributed by atoms with E-state index in [4.69, 9.17) is 4.42 Å². The number of aliphatic hydroxyl groups is 1. The van der Waals surface area contributed by atoms with Crippen molar-refractivity contribution in [2.24, 2.45) is 11.8 Å². The van der Waals surface area contributed by atoms with Crippen molar-refractivity contribution in [1.82, 2.24) is 15.3 Å². The zero-order chi connectivity index (χ0) is 23.3. The van der Waals surface area contributed by atoms with E-state index >= 15 is 0 Å². The molecule has 0 radical (unpaired) electrons. The van der Waals surface area contributed by atoms with Gasteiger partial charge in [-0.15, -0.1) is 0 Å². The zero-order valence-electron chi connectivity index (χ0n) is 18.9. The van der Waals surface area contributed by atoms with E-state index in [-0.39, 0.29) is 11.7 Å². The smallest absolute Gasteiger partial charge is 0.319 e. The number of fused-ring (bicyclic) bond motifs is 1. The number of aryl methyl sites for hydroxylation is 1. The highest BCUT2D eigenvalue weighted by Crippen LogP contribution is 2.45. The fraction of sp³-hybridized carbons (Fsp3) is 0.458. The van der Waals surface area contributed by atoms with Crippen LogP contribution in [0.3, 0.4) is 0 Å². The van der Waals surface area contributed by atoms with Gasteiger partial charge in [-0.3, -0.25) is 0 Å². The number of benzene rings is 1. The Kier molecular flexibility index (Phi) is 5.23. The van der Waals surface area contributed by atoms with Gasteiger partial charge in [0, 0.05) is 10.9 Å². The van der Waals surface area contributed by atoms with E-state index in [0.717, 1.165) is 18.4 Å². The third-order valence-corrected chi connectivity index (χ3v) is 6.62. The van der Waals surface area contributed by atoms with E-state index in [2.05, 4.69) is 20.6 Å². The summed E-state index contributed by atoms with van der Waals surface area (Å²) in [5, 5.41) is 16.9. The number of β-amino-alcohol motifs (C(OH)–C–C–N with tert-alkyl or cyclic N) is 1. The number of hydrogen-bond acceptors (Lipinski definition) is 6. The number of hydrogen-bond donors (Lipinski definition) is 3. The molecule has 5 rings (SSSR count). The zero-order valence-corrected chi connectivity index (χ0v) is 18.9. The Bertz CT molecular complexity index is 1180. The molecule has 9 heteroatoms. The first-order chi connectivity index (χ1) is 15.7. The number of aromatic nitrogens is 2. The van der Waals surface area contributed by atoms with Crippen LogP contribution in [-0.2, 0) is 0 Å². The molecule has 3 aromatic rings. The van der Waals surface area contributed by atoms with Crippen LogP contribution in [0.25, 0.3) is 11.0 Å². The summed E-state index contributed by atoms with van der Waals surface area (Å²) in [6.45, 7) is 6.91. The minimum absolute atomic E-state index is 0.0371. The van der Waals surface area contributed by atoms with Gasteiger partial charge in [0.05, 0.1) is 37.2 Å². The van der Waals surface area contributed by atoms with Gasteiger partial charge < -0.3 is 25.1 Å². The fourth-order valence-corrected chi connectivity index (χ4v) is 4.54. The summed E-state index contributed by atoms with van der Waals surface area (Å²) in [6.07, 6.45) is 5.28. The third kappa shape index (κ3) is 4.13. The first kappa shape index (κ1) is 21.6. The summed E-state index contributed by atoms with van der Waals surface area (Å²) in [7, 11) is 0. The lowest BCUT2D eigenvalue weighted by Crippen LogP contribution is -2.63. The van der Waals surface area contributed by atoms with Crippen LogP contribution in [0, 0.1) is 24.6 Å². The molecule has 1 saturated carbocycles. The largest absolute Gasteiger partial charge is 0.459 e. The Morgan fingerprint density at radius 3 is 2.61 bits per heavy atom. The highest BCUT2D eigenvalue weighted by molar-refractivity contribution is 5.89. The molecule has 0 unspecified atom stereocenters. The van der Waals surface area contributed by atoms with Gasteiger partial charge in [-0.2, -0.15) is 0 Å². The second-order valence-corrected chi connectivity index (χ2v) is 9.56. The van der Waals surface area contributed by atoms with Crippen molar-refractivity contribution >= 4 is 28.6 Å². The number of nitrogens with one attached hydrogen (secondary N) is 2. The molecule has 2 fully saturated rings. The Labute approximate surface area is 191 Å². The Hall–Kier alpha value is -3.20. The van der Waals surface area contributed by atoms with Gasteiger partial charge in [-0.05, 0) is 49.8 Å². The number of halogens is 1. The van der Waals surface area contributed by atoms with Crippen LogP contribution in [0.5, 0.6) is 0 Å². The van der Waals surface area contributed by atoms with Crippen molar-refractivity contribution in [3.63, 3.8) is 0 Å². The first-order valence-electron chi connectivity index (χ1n) is 11.3. The van der Waals surface area contributed by atoms with Crippen LogP contribution in [0.4, 0.5) is 20.8 Å². The highest BCUT2D eigenvalue weighted by atomic mass is 19.1. The second-order valence-electron chi connectivity index (χ2n) is 9.56. The molecule has 2 amide bonds. The highest BCUT2D eigenvalue weighted by Gasteiger charge is 2.52. The molecule has 1 saturated heterocycles. The van der Waals surface area contributed by atoms with Gasteiger partial charge in [0.1, 0.15) is 22.8 Å². The van der Waals surface area contributed by atoms with Crippen LogP contribution >= 0.6 is 0 Å². The third-order valence-electron chi connectivity index (χ3n) is 6.62. The number of urea groups is 1. The SMILES string of the molecule is Cc1c([C@H](NC(=O)Nc2cnc(N3CC(O)(C4CC4)C3)nc2)C(C)C)oc2ccc(F)cc12. The first-order valence-corrected chi connectivity index (χ1v) is 11.3. The molecular weight excluding hydrogens is 425 g/mol. The second kappa shape index (κ2) is 7.98. The molecule has 174 valence electrons. The number of rotatable bonds is 6. The van der Waals surface area contributed by atoms with E-state index in [1.165, 1.54) is 12.1 Å². The van der Waals surface area contributed by atoms with Crippen LogP contribution in [0.15, 0.2) is 35.0 Å². The van der Waals surface area contributed by atoms with Gasteiger partial charge >= 0.3 is 6.03 Å². The molecule has 3 heterocycles. The van der Waals surface area contributed by atoms with Crippen molar-refractivity contribution in [1.29, 1.82) is 0 Å². The van der Waals surface area contributed by atoms with Crippen molar-refractivity contribution in [3.05, 3.63) is 47.7 Å². The quantitative estimate of drug-likeness (QED) is 0.518. The van der Waals surface area contributed by atoms with Crippen molar-refractivity contribution in [3.8, 4) is 0 Å². The molecular formula is C24H28FN5O3. The Morgan fingerprint density at radius 1 is 1.27 bits per heavy atom. The molecule has 2 aliphatic rings. The topological polar surface area (TPSA) is 104 Å². The van der Waals surface area contributed by atoms with E-state index in [1.54, 1.807) is 18.5 Å². The monoisotopic (exact) mass is 453 g/mol. The Morgan fingerprint density at radius 2 is 1.97 bits per heavy atom. The molecule has 33 heavy (non-hydrogen) atoms. The maximum atomic E-state index is 13.7. The van der Waals surface area contributed by atoms with Crippen LogP contribution in [-0.4, -0.2) is 39.8 Å². The van der Waals surface area contributed by atoms with Crippen molar-refractivity contribution in [2.45, 2.75) is 45.3 Å². The van der Waals surface area contributed by atoms with E-state index in [0.29, 0.717) is 47.4 Å². The van der Waals surface area contributed by atoms with Gasteiger partial charge in [-0.25, -0.2) is 19.2 Å². The number of furan rings is 1. The minimum Gasteiger partial charge on any atom is -0.459 e. The van der Waals surface area contributed by atoms with E-state index in [1.807, 2.05) is 25.7 Å². The predicted octanol–water partition coefficient (Wildman–Crippen LogP) is 4.15. The molecule has 1 atom stereocenters. The number of nitrogens with zero attached hydrogens (tertiary/aromatic N) is 3. The summed E-state index contributed by atoms with van der Waals surface area (Å²) in [6, 6.07) is 3.58. The minimum atomic E-state index is -0.605. The average Bonchev–Trinajstić information content (AvgIpc) is 3.56. The summed E-state index contributed by atoms with van der Waals surface area (Å²) >= 11 is 0. The lowest BCUT2D eigenvalue weighted by Gasteiger charge is -2.46. The van der Waals surface area contributed by atoms with E-state index in [9.17, 15) is 14.3 Å². The summed E-state index contributed by atoms with van der Waals surface area (Å²) in [4.78, 5) is 23.3. The van der Waals surface area contributed by atoms with Crippen LogP contribution < -0.4 is 15.5 Å². The average molecular weight is 454 g/mol. The van der Waals surface area contributed by atoms with Crippen molar-refractivity contribution < 1.29 is 18.7 Å². The van der Waals surface area contributed by atoms with E-state index < -0.39 is 17.7 Å². The molecule has 8 nitrogen and oxygen atoms in total. The Balaban J connectivity index is 1.24. The lowest BCUT2D eigenvalue weighted by atomic mass is 9.89.